The molecule has 1 aromatic heterocycles. The quantitative estimate of drug-likeness (QED) is 0.797. The highest BCUT2D eigenvalue weighted by molar-refractivity contribution is 7.89. The van der Waals surface area contributed by atoms with E-state index >= 15 is 0 Å². The molecule has 5 nitrogen and oxygen atoms in total. The average molecular weight is 307 g/mol. The van der Waals surface area contributed by atoms with Gasteiger partial charge in [-0.2, -0.15) is 5.10 Å². The summed E-state index contributed by atoms with van der Waals surface area (Å²) < 4.78 is 28.7. The van der Waals surface area contributed by atoms with Gasteiger partial charge in [0.25, 0.3) is 0 Å². The van der Waals surface area contributed by atoms with Crippen molar-refractivity contribution in [2.75, 3.05) is 6.54 Å². The SMILES string of the molecule is CCc1ccc(S(=O)(=O)NCCCn2nccc2C)cc1. The number of aryl methyl sites for hydroxylation is 3. The van der Waals surface area contributed by atoms with Crippen LogP contribution in [0, 0.1) is 6.92 Å². The van der Waals surface area contributed by atoms with Crippen molar-refractivity contribution in [3.8, 4) is 0 Å². The number of hydrogen-bond acceptors (Lipinski definition) is 3. The van der Waals surface area contributed by atoms with Gasteiger partial charge in [-0.1, -0.05) is 19.1 Å². The molecule has 2 aromatic rings. The fourth-order valence-corrected chi connectivity index (χ4v) is 3.13. The Morgan fingerprint density at radius 2 is 1.90 bits per heavy atom. The third-order valence-electron chi connectivity index (χ3n) is 3.41. The van der Waals surface area contributed by atoms with Crippen LogP contribution in [-0.4, -0.2) is 24.7 Å². The van der Waals surface area contributed by atoms with Gasteiger partial charge in [-0.15, -0.1) is 0 Å². The van der Waals surface area contributed by atoms with Crippen molar-refractivity contribution in [3.05, 3.63) is 47.8 Å². The van der Waals surface area contributed by atoms with E-state index in [2.05, 4.69) is 9.82 Å². The molecule has 21 heavy (non-hydrogen) atoms. The van der Waals surface area contributed by atoms with Crippen LogP contribution in [0.15, 0.2) is 41.4 Å². The second kappa shape index (κ2) is 6.87. The number of rotatable bonds is 7. The van der Waals surface area contributed by atoms with E-state index in [-0.39, 0.29) is 0 Å². The first-order valence-electron chi connectivity index (χ1n) is 7.10. The highest BCUT2D eigenvalue weighted by atomic mass is 32.2. The van der Waals surface area contributed by atoms with Gasteiger partial charge < -0.3 is 0 Å². The van der Waals surface area contributed by atoms with Crippen LogP contribution >= 0.6 is 0 Å². The molecule has 114 valence electrons. The molecule has 0 bridgehead atoms. The smallest absolute Gasteiger partial charge is 0.240 e. The summed E-state index contributed by atoms with van der Waals surface area (Å²) in [5, 5.41) is 4.17. The third-order valence-corrected chi connectivity index (χ3v) is 4.89. The summed E-state index contributed by atoms with van der Waals surface area (Å²) in [6.45, 7) is 5.12. The van der Waals surface area contributed by atoms with Gasteiger partial charge in [0, 0.05) is 25.0 Å². The summed E-state index contributed by atoms with van der Waals surface area (Å²) in [5.74, 6) is 0. The first kappa shape index (κ1) is 15.7. The summed E-state index contributed by atoms with van der Waals surface area (Å²) >= 11 is 0. The van der Waals surface area contributed by atoms with Crippen molar-refractivity contribution in [1.29, 1.82) is 0 Å². The van der Waals surface area contributed by atoms with Crippen LogP contribution in [-0.2, 0) is 23.0 Å². The maximum absolute atomic E-state index is 12.1. The summed E-state index contributed by atoms with van der Waals surface area (Å²) in [6, 6.07) is 8.93. The lowest BCUT2D eigenvalue weighted by atomic mass is 10.2. The molecule has 2 rings (SSSR count). The van der Waals surface area contributed by atoms with Crippen LogP contribution in [0.4, 0.5) is 0 Å². The van der Waals surface area contributed by atoms with E-state index in [0.717, 1.165) is 17.7 Å². The number of benzene rings is 1. The molecule has 0 radical (unpaired) electrons. The fraction of sp³-hybridized carbons (Fsp3) is 0.400. The second-order valence-electron chi connectivity index (χ2n) is 4.94. The summed E-state index contributed by atoms with van der Waals surface area (Å²) in [5.41, 5.74) is 2.20. The van der Waals surface area contributed by atoms with Crippen LogP contribution in [0.2, 0.25) is 0 Å². The normalized spacial score (nSPS) is 11.7. The highest BCUT2D eigenvalue weighted by Crippen LogP contribution is 2.10. The lowest BCUT2D eigenvalue weighted by molar-refractivity contribution is 0.546. The van der Waals surface area contributed by atoms with Crippen molar-refractivity contribution in [2.24, 2.45) is 0 Å². The van der Waals surface area contributed by atoms with Crippen LogP contribution in [0.1, 0.15) is 24.6 Å². The topological polar surface area (TPSA) is 64.0 Å². The maximum atomic E-state index is 12.1. The van der Waals surface area contributed by atoms with E-state index in [9.17, 15) is 8.42 Å². The van der Waals surface area contributed by atoms with Gasteiger partial charge in [-0.05, 0) is 43.5 Å². The van der Waals surface area contributed by atoms with Gasteiger partial charge in [0.1, 0.15) is 0 Å². The molecule has 0 aliphatic rings. The van der Waals surface area contributed by atoms with Gasteiger partial charge >= 0.3 is 0 Å². The van der Waals surface area contributed by atoms with Gasteiger partial charge in [0.05, 0.1) is 4.90 Å². The monoisotopic (exact) mass is 307 g/mol. The largest absolute Gasteiger partial charge is 0.270 e. The van der Waals surface area contributed by atoms with Crippen LogP contribution in [0.5, 0.6) is 0 Å². The Balaban J connectivity index is 1.87. The zero-order valence-electron chi connectivity index (χ0n) is 12.4. The first-order valence-corrected chi connectivity index (χ1v) is 8.58. The van der Waals surface area contributed by atoms with Gasteiger partial charge in [0.2, 0.25) is 10.0 Å². The van der Waals surface area contributed by atoms with Crippen molar-refractivity contribution < 1.29 is 8.42 Å². The number of hydrogen-bond donors (Lipinski definition) is 1. The summed E-state index contributed by atoms with van der Waals surface area (Å²) in [4.78, 5) is 0.315. The molecule has 0 amide bonds. The van der Waals surface area contributed by atoms with E-state index in [1.165, 1.54) is 0 Å². The summed E-state index contributed by atoms with van der Waals surface area (Å²) in [6.07, 6.45) is 3.35. The Hall–Kier alpha value is -1.66. The van der Waals surface area contributed by atoms with Crippen molar-refractivity contribution >= 4 is 10.0 Å². The zero-order valence-corrected chi connectivity index (χ0v) is 13.2. The van der Waals surface area contributed by atoms with E-state index in [1.54, 1.807) is 18.3 Å². The molecule has 1 aromatic carbocycles. The molecule has 0 aliphatic heterocycles. The summed E-state index contributed by atoms with van der Waals surface area (Å²) in [7, 11) is -3.42. The molecule has 0 saturated heterocycles. The number of nitrogens with one attached hydrogen (secondary N) is 1. The first-order chi connectivity index (χ1) is 10.0. The van der Waals surface area contributed by atoms with E-state index in [0.29, 0.717) is 24.4 Å². The molecular formula is C15H21N3O2S. The standard InChI is InChI=1S/C15H21N3O2S/c1-3-14-5-7-15(8-6-14)21(19,20)17-10-4-12-18-13(2)9-11-16-18/h5-9,11,17H,3-4,10,12H2,1-2H3. The Labute approximate surface area is 126 Å². The Morgan fingerprint density at radius 1 is 1.19 bits per heavy atom. The van der Waals surface area contributed by atoms with Crippen LogP contribution in [0.25, 0.3) is 0 Å². The number of aromatic nitrogens is 2. The molecule has 1 N–H and O–H groups in total. The fourth-order valence-electron chi connectivity index (χ4n) is 2.06. The Morgan fingerprint density at radius 3 is 2.48 bits per heavy atom. The molecule has 0 spiro atoms. The molecule has 0 fully saturated rings. The highest BCUT2D eigenvalue weighted by Gasteiger charge is 2.12. The molecule has 1 heterocycles. The minimum atomic E-state index is -3.42. The van der Waals surface area contributed by atoms with Crippen molar-refractivity contribution in [2.45, 2.75) is 38.1 Å². The zero-order chi connectivity index (χ0) is 15.3. The molecule has 0 unspecified atom stereocenters. The Kier molecular flexibility index (Phi) is 5.14. The minimum absolute atomic E-state index is 0.315. The maximum Gasteiger partial charge on any atom is 0.240 e. The van der Waals surface area contributed by atoms with Gasteiger partial charge in [-0.25, -0.2) is 13.1 Å². The van der Waals surface area contributed by atoms with Crippen LogP contribution < -0.4 is 4.72 Å². The van der Waals surface area contributed by atoms with Gasteiger partial charge in [0.15, 0.2) is 0 Å². The molecule has 0 saturated carbocycles. The lowest BCUT2D eigenvalue weighted by Crippen LogP contribution is -2.25. The molecule has 6 heteroatoms. The van der Waals surface area contributed by atoms with E-state index < -0.39 is 10.0 Å². The lowest BCUT2D eigenvalue weighted by Gasteiger charge is -2.08. The molecular weight excluding hydrogens is 286 g/mol. The van der Waals surface area contributed by atoms with E-state index in [1.807, 2.05) is 36.7 Å². The van der Waals surface area contributed by atoms with Crippen molar-refractivity contribution in [3.63, 3.8) is 0 Å². The number of nitrogens with zero attached hydrogens (tertiary/aromatic N) is 2. The predicted octanol–water partition coefficient (Wildman–Crippen LogP) is 2.12. The Bertz CT molecular complexity index is 675. The molecule has 0 atom stereocenters. The van der Waals surface area contributed by atoms with Crippen molar-refractivity contribution in [1.82, 2.24) is 14.5 Å². The van der Waals surface area contributed by atoms with Crippen LogP contribution in [0.3, 0.4) is 0 Å². The second-order valence-corrected chi connectivity index (χ2v) is 6.71. The van der Waals surface area contributed by atoms with E-state index in [4.69, 9.17) is 0 Å². The average Bonchev–Trinajstić information content (AvgIpc) is 2.89. The minimum Gasteiger partial charge on any atom is -0.270 e. The third kappa shape index (κ3) is 4.15. The molecule has 0 aliphatic carbocycles. The number of sulfonamides is 1. The van der Waals surface area contributed by atoms with Gasteiger partial charge in [-0.3, -0.25) is 4.68 Å². The predicted molar refractivity (Wildman–Crippen MR) is 82.6 cm³/mol.